The van der Waals surface area contributed by atoms with Gasteiger partial charge in [-0.3, -0.25) is 9.78 Å². The van der Waals surface area contributed by atoms with Crippen LogP contribution in [0.15, 0.2) is 53.6 Å². The van der Waals surface area contributed by atoms with E-state index >= 15 is 0 Å². The average molecular weight is 443 g/mol. The molecule has 0 radical (unpaired) electrons. The molecular weight excluding hydrogens is 423 g/mol. The highest BCUT2D eigenvalue weighted by Crippen LogP contribution is 2.27. The molecular formula is C19H20F3N3O4S. The maximum absolute atomic E-state index is 12.7. The van der Waals surface area contributed by atoms with Gasteiger partial charge in [-0.05, 0) is 49.2 Å². The van der Waals surface area contributed by atoms with Crippen molar-refractivity contribution in [2.45, 2.75) is 30.6 Å². The molecule has 1 saturated heterocycles. The first kappa shape index (κ1) is 22.0. The zero-order valence-corrected chi connectivity index (χ0v) is 16.6. The number of alkyl halides is 3. The minimum Gasteiger partial charge on any atom is -0.406 e. The van der Waals surface area contributed by atoms with Crippen molar-refractivity contribution < 1.29 is 31.1 Å². The van der Waals surface area contributed by atoms with Gasteiger partial charge in [0.05, 0.1) is 17.1 Å². The summed E-state index contributed by atoms with van der Waals surface area (Å²) in [6, 6.07) is 9.44. The summed E-state index contributed by atoms with van der Waals surface area (Å²) < 4.78 is 67.1. The number of nitrogens with one attached hydrogen (secondary N) is 1. The Bertz CT molecular complexity index is 959. The van der Waals surface area contributed by atoms with E-state index < -0.39 is 22.1 Å². The highest BCUT2D eigenvalue weighted by atomic mass is 32.2. The monoisotopic (exact) mass is 443 g/mol. The van der Waals surface area contributed by atoms with Crippen LogP contribution in [0.3, 0.4) is 0 Å². The van der Waals surface area contributed by atoms with Gasteiger partial charge in [-0.25, -0.2) is 8.42 Å². The molecule has 1 fully saturated rings. The van der Waals surface area contributed by atoms with E-state index in [1.54, 1.807) is 18.3 Å². The van der Waals surface area contributed by atoms with E-state index in [1.165, 1.54) is 4.31 Å². The number of sulfonamides is 1. The molecule has 1 N–H and O–H groups in total. The van der Waals surface area contributed by atoms with Crippen LogP contribution < -0.4 is 10.1 Å². The van der Waals surface area contributed by atoms with Crippen molar-refractivity contribution in [3.63, 3.8) is 0 Å². The van der Waals surface area contributed by atoms with Crippen molar-refractivity contribution in [1.82, 2.24) is 14.6 Å². The van der Waals surface area contributed by atoms with Gasteiger partial charge in [-0.1, -0.05) is 6.07 Å². The lowest BCUT2D eigenvalue weighted by molar-refractivity contribution is -0.274. The number of carbonyl (C=O) groups excluding carboxylic acids is 1. The first-order valence-electron chi connectivity index (χ1n) is 9.19. The highest BCUT2D eigenvalue weighted by molar-refractivity contribution is 7.89. The summed E-state index contributed by atoms with van der Waals surface area (Å²) in [4.78, 5) is 16.3. The summed E-state index contributed by atoms with van der Waals surface area (Å²) in [6.45, 7) is 0.583. The van der Waals surface area contributed by atoms with Gasteiger partial charge >= 0.3 is 6.36 Å². The number of aromatic nitrogens is 1. The molecule has 0 unspecified atom stereocenters. The number of amides is 1. The third-order valence-corrected chi connectivity index (χ3v) is 6.60. The molecule has 1 aliphatic heterocycles. The van der Waals surface area contributed by atoms with E-state index in [1.807, 2.05) is 6.07 Å². The summed E-state index contributed by atoms with van der Waals surface area (Å²) in [5.74, 6) is -0.973. The Labute approximate surface area is 171 Å². The van der Waals surface area contributed by atoms with Gasteiger partial charge in [0.1, 0.15) is 5.75 Å². The lowest BCUT2D eigenvalue weighted by Crippen LogP contribution is -2.42. The van der Waals surface area contributed by atoms with Gasteiger partial charge in [0.25, 0.3) is 0 Å². The number of pyridine rings is 1. The number of piperidine rings is 1. The standard InChI is InChI=1S/C19H20F3N3O4S/c20-19(21,22)29-16-4-6-17(7-5-16)30(27,28)25-11-8-14(9-12-25)18(26)24-13-15-3-1-2-10-23-15/h1-7,10,14H,8-9,11-13H2,(H,24,26). The molecule has 3 rings (SSSR count). The zero-order chi connectivity index (χ0) is 21.8. The third-order valence-electron chi connectivity index (χ3n) is 4.69. The predicted octanol–water partition coefficient (Wildman–Crippen LogP) is 2.70. The Balaban J connectivity index is 1.55. The number of rotatable bonds is 6. The third kappa shape index (κ3) is 5.70. The van der Waals surface area contributed by atoms with Gasteiger partial charge in [0.15, 0.2) is 0 Å². The van der Waals surface area contributed by atoms with Crippen LogP contribution in [-0.2, 0) is 21.4 Å². The summed E-state index contributed by atoms with van der Waals surface area (Å²) in [7, 11) is -3.87. The Morgan fingerprint density at radius 3 is 2.37 bits per heavy atom. The van der Waals surface area contributed by atoms with E-state index in [0.717, 1.165) is 30.0 Å². The Morgan fingerprint density at radius 1 is 1.13 bits per heavy atom. The summed E-state index contributed by atoms with van der Waals surface area (Å²) in [5.41, 5.74) is 0.726. The van der Waals surface area contributed by atoms with Crippen molar-refractivity contribution in [2.24, 2.45) is 5.92 Å². The SMILES string of the molecule is O=C(NCc1ccccn1)C1CCN(S(=O)(=O)c2ccc(OC(F)(F)F)cc2)CC1. The van der Waals surface area contributed by atoms with E-state index in [9.17, 15) is 26.4 Å². The lowest BCUT2D eigenvalue weighted by Gasteiger charge is -2.30. The van der Waals surface area contributed by atoms with Gasteiger partial charge in [0, 0.05) is 25.2 Å². The first-order valence-corrected chi connectivity index (χ1v) is 10.6. The second kappa shape index (κ2) is 9.00. The Hall–Kier alpha value is -2.66. The zero-order valence-electron chi connectivity index (χ0n) is 15.8. The van der Waals surface area contributed by atoms with Crippen LogP contribution in [0.1, 0.15) is 18.5 Å². The van der Waals surface area contributed by atoms with Gasteiger partial charge in [-0.15, -0.1) is 13.2 Å². The van der Waals surface area contributed by atoms with Crippen LogP contribution in [0.4, 0.5) is 13.2 Å². The molecule has 1 amide bonds. The first-order chi connectivity index (χ1) is 14.1. The maximum atomic E-state index is 12.7. The molecule has 2 heterocycles. The molecule has 0 saturated carbocycles. The summed E-state index contributed by atoms with van der Waals surface area (Å²) in [5, 5.41) is 2.80. The van der Waals surface area contributed by atoms with E-state index in [4.69, 9.17) is 0 Å². The quantitative estimate of drug-likeness (QED) is 0.742. The van der Waals surface area contributed by atoms with Gasteiger partial charge in [-0.2, -0.15) is 4.31 Å². The highest BCUT2D eigenvalue weighted by Gasteiger charge is 2.33. The number of carbonyl (C=O) groups is 1. The normalized spacial score (nSPS) is 16.2. The lowest BCUT2D eigenvalue weighted by atomic mass is 9.97. The van der Waals surface area contributed by atoms with Crippen LogP contribution in [0.2, 0.25) is 0 Å². The van der Waals surface area contributed by atoms with E-state index in [2.05, 4.69) is 15.0 Å². The fourth-order valence-corrected chi connectivity index (χ4v) is 4.62. The van der Waals surface area contributed by atoms with Crippen molar-refractivity contribution in [2.75, 3.05) is 13.1 Å². The van der Waals surface area contributed by atoms with E-state index in [-0.39, 0.29) is 29.8 Å². The molecule has 7 nitrogen and oxygen atoms in total. The number of hydrogen-bond donors (Lipinski definition) is 1. The summed E-state index contributed by atoms with van der Waals surface area (Å²) in [6.07, 6.45) is -2.52. The second-order valence-electron chi connectivity index (χ2n) is 6.74. The number of hydrogen-bond acceptors (Lipinski definition) is 5. The Kier molecular flexibility index (Phi) is 6.61. The van der Waals surface area contributed by atoms with Crippen molar-refractivity contribution >= 4 is 15.9 Å². The van der Waals surface area contributed by atoms with Crippen molar-refractivity contribution in [1.29, 1.82) is 0 Å². The maximum Gasteiger partial charge on any atom is 0.573 e. The minimum atomic E-state index is -4.85. The van der Waals surface area contributed by atoms with Crippen LogP contribution >= 0.6 is 0 Å². The Morgan fingerprint density at radius 2 is 1.80 bits per heavy atom. The molecule has 11 heteroatoms. The molecule has 0 bridgehead atoms. The fraction of sp³-hybridized carbons (Fsp3) is 0.368. The van der Waals surface area contributed by atoms with Crippen molar-refractivity contribution in [3.8, 4) is 5.75 Å². The van der Waals surface area contributed by atoms with Crippen LogP contribution in [-0.4, -0.2) is 43.1 Å². The summed E-state index contributed by atoms with van der Waals surface area (Å²) >= 11 is 0. The van der Waals surface area contributed by atoms with Crippen LogP contribution in [0, 0.1) is 5.92 Å². The second-order valence-corrected chi connectivity index (χ2v) is 8.67. The topological polar surface area (TPSA) is 88.6 Å². The average Bonchev–Trinajstić information content (AvgIpc) is 2.72. The van der Waals surface area contributed by atoms with E-state index in [0.29, 0.717) is 19.4 Å². The molecule has 0 aliphatic carbocycles. The van der Waals surface area contributed by atoms with Crippen molar-refractivity contribution in [3.05, 3.63) is 54.4 Å². The molecule has 1 aliphatic rings. The molecule has 0 spiro atoms. The van der Waals surface area contributed by atoms with Gasteiger partial charge < -0.3 is 10.1 Å². The fourth-order valence-electron chi connectivity index (χ4n) is 3.15. The molecule has 1 aromatic heterocycles. The number of nitrogens with zero attached hydrogens (tertiary/aromatic N) is 2. The van der Waals surface area contributed by atoms with Gasteiger partial charge in [0.2, 0.25) is 15.9 Å². The molecule has 0 atom stereocenters. The number of halogens is 3. The molecule has 1 aromatic carbocycles. The molecule has 30 heavy (non-hydrogen) atoms. The minimum absolute atomic E-state index is 0.130. The largest absolute Gasteiger partial charge is 0.573 e. The molecule has 162 valence electrons. The number of ether oxygens (including phenoxy) is 1. The number of benzene rings is 1. The van der Waals surface area contributed by atoms with Crippen LogP contribution in [0.25, 0.3) is 0 Å². The predicted molar refractivity (Wildman–Crippen MR) is 101 cm³/mol. The molecule has 2 aromatic rings. The smallest absolute Gasteiger partial charge is 0.406 e. The van der Waals surface area contributed by atoms with Crippen LogP contribution in [0.5, 0.6) is 5.75 Å².